The molecule has 4 aromatic rings. The highest BCUT2D eigenvalue weighted by Gasteiger charge is 2.30. The van der Waals surface area contributed by atoms with E-state index in [2.05, 4.69) is 20.3 Å². The summed E-state index contributed by atoms with van der Waals surface area (Å²) in [6.07, 6.45) is 3.49. The van der Waals surface area contributed by atoms with E-state index in [0.717, 1.165) is 17.7 Å². The van der Waals surface area contributed by atoms with Crippen molar-refractivity contribution in [3.8, 4) is 16.8 Å². The number of nitrogens with zero attached hydrogens (tertiary/aromatic N) is 4. The van der Waals surface area contributed by atoms with Crippen LogP contribution in [0.4, 0.5) is 18.9 Å². The van der Waals surface area contributed by atoms with Gasteiger partial charge in [-0.25, -0.2) is 15.0 Å². The zero-order valence-electron chi connectivity index (χ0n) is 17.5. The number of amides is 1. The maximum atomic E-state index is 13.2. The molecule has 0 bridgehead atoms. The molecule has 0 radical (unpaired) electrons. The molecule has 168 valence electrons. The lowest BCUT2D eigenvalue weighted by Crippen LogP contribution is -2.16. The van der Waals surface area contributed by atoms with Gasteiger partial charge < -0.3 is 15.6 Å². The van der Waals surface area contributed by atoms with Gasteiger partial charge in [-0.3, -0.25) is 4.79 Å². The Balaban J connectivity index is 1.77. The lowest BCUT2D eigenvalue weighted by atomic mass is 9.98. The summed E-state index contributed by atoms with van der Waals surface area (Å²) in [7, 11) is 0. The average molecular weight is 452 g/mol. The van der Waals surface area contributed by atoms with Crippen LogP contribution in [0.2, 0.25) is 0 Å². The zero-order valence-corrected chi connectivity index (χ0v) is 17.5. The molecule has 7 nitrogen and oxygen atoms in total. The van der Waals surface area contributed by atoms with Crippen LogP contribution in [0.1, 0.15) is 27.3 Å². The summed E-state index contributed by atoms with van der Waals surface area (Å²) in [5.74, 6) is -0.0901. The van der Waals surface area contributed by atoms with E-state index in [4.69, 9.17) is 5.73 Å². The molecule has 0 aliphatic rings. The van der Waals surface area contributed by atoms with Crippen LogP contribution in [0.15, 0.2) is 67.5 Å². The number of alkyl halides is 3. The number of aryl methyl sites for hydroxylation is 1. The number of hydrogen-bond donors (Lipinski definition) is 2. The number of hydrogen-bond acceptors (Lipinski definition) is 5. The highest BCUT2D eigenvalue weighted by Crippen LogP contribution is 2.32. The summed E-state index contributed by atoms with van der Waals surface area (Å²) < 4.78 is 40.9. The molecule has 4 rings (SSSR count). The summed E-state index contributed by atoms with van der Waals surface area (Å²) >= 11 is 0. The largest absolute Gasteiger partial charge is 0.416 e. The number of rotatable bonds is 5. The van der Waals surface area contributed by atoms with Gasteiger partial charge in [0.05, 0.1) is 29.7 Å². The molecule has 0 saturated heterocycles. The first-order chi connectivity index (χ1) is 15.8. The van der Waals surface area contributed by atoms with E-state index < -0.39 is 17.6 Å². The Morgan fingerprint density at radius 3 is 2.55 bits per heavy atom. The van der Waals surface area contributed by atoms with Crippen molar-refractivity contribution in [3.05, 3.63) is 90.0 Å². The first-order valence-electron chi connectivity index (χ1n) is 9.89. The van der Waals surface area contributed by atoms with E-state index in [1.165, 1.54) is 18.5 Å². The average Bonchev–Trinajstić information content (AvgIpc) is 3.33. The third-order valence-electron chi connectivity index (χ3n) is 5.02. The first kappa shape index (κ1) is 22.2. The Kier molecular flexibility index (Phi) is 5.93. The van der Waals surface area contributed by atoms with E-state index in [1.807, 2.05) is 6.92 Å². The van der Waals surface area contributed by atoms with Crippen molar-refractivity contribution in [3.63, 3.8) is 0 Å². The van der Waals surface area contributed by atoms with Gasteiger partial charge >= 0.3 is 6.18 Å². The quantitative estimate of drug-likeness (QED) is 0.469. The maximum absolute atomic E-state index is 13.2. The third kappa shape index (κ3) is 4.75. The van der Waals surface area contributed by atoms with Crippen molar-refractivity contribution in [1.29, 1.82) is 0 Å². The van der Waals surface area contributed by atoms with Crippen LogP contribution in [-0.2, 0) is 12.7 Å². The fraction of sp³-hybridized carbons (Fsp3) is 0.130. The van der Waals surface area contributed by atoms with E-state index in [0.29, 0.717) is 22.6 Å². The molecule has 0 aliphatic heterocycles. The van der Waals surface area contributed by atoms with E-state index in [1.54, 1.807) is 41.5 Å². The van der Waals surface area contributed by atoms with Gasteiger partial charge in [-0.1, -0.05) is 6.07 Å². The van der Waals surface area contributed by atoms with Crippen LogP contribution >= 0.6 is 0 Å². The second kappa shape index (κ2) is 8.83. The predicted octanol–water partition coefficient (Wildman–Crippen LogP) is 4.37. The molecule has 2 heterocycles. The van der Waals surface area contributed by atoms with Crippen molar-refractivity contribution in [2.24, 2.45) is 5.73 Å². The summed E-state index contributed by atoms with van der Waals surface area (Å²) in [6, 6.07) is 7.94. The van der Waals surface area contributed by atoms with Crippen LogP contribution in [0, 0.1) is 6.92 Å². The van der Waals surface area contributed by atoms with Gasteiger partial charge in [0, 0.05) is 36.0 Å². The topological polar surface area (TPSA) is 98.7 Å². The molecule has 33 heavy (non-hydrogen) atoms. The number of halogens is 3. The molecule has 0 aliphatic carbocycles. The Bertz CT molecular complexity index is 1280. The molecule has 2 aromatic heterocycles. The molecule has 2 aromatic carbocycles. The highest BCUT2D eigenvalue weighted by molar-refractivity contribution is 6.07. The summed E-state index contributed by atoms with van der Waals surface area (Å²) in [6.45, 7) is 2.07. The monoisotopic (exact) mass is 452 g/mol. The zero-order chi connectivity index (χ0) is 23.6. The van der Waals surface area contributed by atoms with Crippen LogP contribution in [-0.4, -0.2) is 25.4 Å². The van der Waals surface area contributed by atoms with Crippen LogP contribution in [0.3, 0.4) is 0 Å². The van der Waals surface area contributed by atoms with Crippen LogP contribution in [0.25, 0.3) is 16.8 Å². The number of carbonyl (C=O) groups excluding carboxylic acids is 1. The van der Waals surface area contributed by atoms with Gasteiger partial charge in [-0.15, -0.1) is 0 Å². The number of carbonyl (C=O) groups is 1. The molecule has 3 N–H and O–H groups in total. The lowest BCUT2D eigenvalue weighted by molar-refractivity contribution is -0.137. The fourth-order valence-electron chi connectivity index (χ4n) is 3.37. The number of benzene rings is 2. The molecule has 0 fully saturated rings. The van der Waals surface area contributed by atoms with E-state index >= 15 is 0 Å². The molecular formula is C23H19F3N6O. The van der Waals surface area contributed by atoms with Gasteiger partial charge in [0.15, 0.2) is 0 Å². The minimum absolute atomic E-state index is 0.0316. The molecule has 0 atom stereocenters. The Morgan fingerprint density at radius 1 is 1.15 bits per heavy atom. The SMILES string of the molecule is Cc1cc(-n2ccnc2)c(C(=O)Nc2cccc(C(F)(F)F)c2)cc1-c1cnc(CN)nc1. The summed E-state index contributed by atoms with van der Waals surface area (Å²) in [5.41, 5.74) is 7.74. The standard InChI is InChI=1S/C23H19F3N6O/c1-14-7-20(32-6-5-28-13-32)19(9-18(14)15-11-29-21(10-27)30-12-15)22(33)31-17-4-2-3-16(8-17)23(24,25)26/h2-9,11-13H,10,27H2,1H3,(H,31,33). The van der Waals surface area contributed by atoms with Crippen molar-refractivity contribution in [2.45, 2.75) is 19.6 Å². The molecule has 0 unspecified atom stereocenters. The smallest absolute Gasteiger partial charge is 0.324 e. The van der Waals surface area contributed by atoms with Gasteiger partial charge in [0.2, 0.25) is 0 Å². The number of imidazole rings is 1. The first-order valence-corrected chi connectivity index (χ1v) is 9.89. The molecular weight excluding hydrogens is 433 g/mol. The van der Waals surface area contributed by atoms with Crippen LogP contribution < -0.4 is 11.1 Å². The van der Waals surface area contributed by atoms with Gasteiger partial charge in [0.1, 0.15) is 5.82 Å². The Morgan fingerprint density at radius 2 is 1.91 bits per heavy atom. The van der Waals surface area contributed by atoms with Crippen molar-refractivity contribution in [2.75, 3.05) is 5.32 Å². The van der Waals surface area contributed by atoms with Crippen molar-refractivity contribution >= 4 is 11.6 Å². The Hall–Kier alpha value is -4.05. The van der Waals surface area contributed by atoms with Gasteiger partial charge in [-0.2, -0.15) is 13.2 Å². The normalized spacial score (nSPS) is 11.4. The number of nitrogens with one attached hydrogen (secondary N) is 1. The van der Waals surface area contributed by atoms with E-state index in [9.17, 15) is 18.0 Å². The third-order valence-corrected chi connectivity index (χ3v) is 5.02. The highest BCUT2D eigenvalue weighted by atomic mass is 19.4. The summed E-state index contributed by atoms with van der Waals surface area (Å²) in [4.78, 5) is 25.6. The molecule has 0 saturated carbocycles. The minimum atomic E-state index is -4.52. The lowest BCUT2D eigenvalue weighted by Gasteiger charge is -2.16. The molecule has 1 amide bonds. The molecule has 0 spiro atoms. The van der Waals surface area contributed by atoms with Crippen LogP contribution in [0.5, 0.6) is 0 Å². The fourth-order valence-corrected chi connectivity index (χ4v) is 3.37. The van der Waals surface area contributed by atoms with Gasteiger partial charge in [0.25, 0.3) is 5.91 Å². The van der Waals surface area contributed by atoms with E-state index in [-0.39, 0.29) is 17.8 Å². The predicted molar refractivity (Wildman–Crippen MR) is 117 cm³/mol. The molecule has 10 heteroatoms. The Labute approximate surface area is 187 Å². The van der Waals surface area contributed by atoms with Crippen molar-refractivity contribution < 1.29 is 18.0 Å². The number of anilines is 1. The second-order valence-corrected chi connectivity index (χ2v) is 7.28. The minimum Gasteiger partial charge on any atom is -0.324 e. The number of nitrogens with two attached hydrogens (primary N) is 1. The van der Waals surface area contributed by atoms with Crippen molar-refractivity contribution in [1.82, 2.24) is 19.5 Å². The van der Waals surface area contributed by atoms with Gasteiger partial charge in [-0.05, 0) is 48.4 Å². The maximum Gasteiger partial charge on any atom is 0.416 e. The second-order valence-electron chi connectivity index (χ2n) is 7.28. The number of aromatic nitrogens is 4. The summed E-state index contributed by atoms with van der Waals surface area (Å²) in [5, 5.41) is 2.57.